The number of nitrogens with zero attached hydrogens (tertiary/aromatic N) is 3. The number of aryl methyl sites for hydroxylation is 1. The number of benzene rings is 2. The number of carbonyl (C=O) groups excluding carboxylic acids is 2. The third-order valence-electron chi connectivity index (χ3n) is 6.17. The van der Waals surface area contributed by atoms with Crippen LogP contribution in [-0.4, -0.2) is 39.6 Å². The lowest BCUT2D eigenvalue weighted by atomic mass is 9.94. The minimum Gasteiger partial charge on any atom is -0.339 e. The van der Waals surface area contributed by atoms with Crippen LogP contribution in [0.2, 0.25) is 0 Å². The number of rotatable bonds is 6. The number of amides is 2. The van der Waals surface area contributed by atoms with Crippen molar-refractivity contribution < 1.29 is 9.59 Å². The normalized spacial score (nSPS) is 14.3. The van der Waals surface area contributed by atoms with Gasteiger partial charge in [0.25, 0.3) is 5.91 Å². The highest BCUT2D eigenvalue weighted by molar-refractivity contribution is 5.96. The van der Waals surface area contributed by atoms with Gasteiger partial charge in [-0.25, -0.2) is 0 Å². The van der Waals surface area contributed by atoms with Gasteiger partial charge < -0.3 is 10.2 Å². The van der Waals surface area contributed by atoms with Gasteiger partial charge in [0, 0.05) is 36.1 Å². The van der Waals surface area contributed by atoms with Crippen molar-refractivity contribution in [2.24, 2.45) is 0 Å². The molecule has 7 nitrogen and oxygen atoms in total. The lowest BCUT2D eigenvalue weighted by Crippen LogP contribution is -2.38. The van der Waals surface area contributed by atoms with Crippen molar-refractivity contribution in [2.75, 3.05) is 12.4 Å². The largest absolute Gasteiger partial charge is 0.339 e. The Labute approximate surface area is 187 Å². The number of fused-ring (bicyclic) bond motifs is 1. The standard InChI is InChI=1S/C25H28N4O3/c1-28(20-7-3-2-4-8-20)25(32)18-11-13-19(14-12-18)27-24(31)15-16-29-22-10-6-5-9-21(22)23(30)17-26-29/h5-6,9-14,17,20H,2-4,7-8,15-16H2,1H3,(H,27,31). The van der Waals surface area contributed by atoms with Gasteiger partial charge in [0.15, 0.2) is 0 Å². The Kier molecular flexibility index (Phi) is 6.63. The van der Waals surface area contributed by atoms with Gasteiger partial charge in [-0.2, -0.15) is 5.10 Å². The van der Waals surface area contributed by atoms with E-state index in [1.165, 1.54) is 25.5 Å². The van der Waals surface area contributed by atoms with E-state index in [0.29, 0.717) is 34.7 Å². The van der Waals surface area contributed by atoms with Crippen LogP contribution in [0.25, 0.3) is 10.9 Å². The molecular weight excluding hydrogens is 404 g/mol. The van der Waals surface area contributed by atoms with Gasteiger partial charge in [0.2, 0.25) is 11.3 Å². The molecule has 1 aliphatic rings. The first-order chi connectivity index (χ1) is 15.5. The summed E-state index contributed by atoms with van der Waals surface area (Å²) in [6.45, 7) is 0.357. The molecule has 1 aromatic heterocycles. The summed E-state index contributed by atoms with van der Waals surface area (Å²) in [5.74, 6) is -0.140. The molecule has 4 rings (SSSR count). The van der Waals surface area contributed by atoms with Crippen molar-refractivity contribution in [1.82, 2.24) is 14.7 Å². The van der Waals surface area contributed by atoms with E-state index in [1.807, 2.05) is 30.1 Å². The van der Waals surface area contributed by atoms with E-state index in [2.05, 4.69) is 10.4 Å². The number of hydrogen-bond donors (Lipinski definition) is 1. The zero-order valence-corrected chi connectivity index (χ0v) is 18.3. The second kappa shape index (κ2) is 9.77. The van der Waals surface area contributed by atoms with Crippen molar-refractivity contribution >= 4 is 28.4 Å². The van der Waals surface area contributed by atoms with E-state index in [1.54, 1.807) is 35.0 Å². The molecule has 0 atom stereocenters. The first-order valence-electron chi connectivity index (χ1n) is 11.1. The summed E-state index contributed by atoms with van der Waals surface area (Å²) in [5, 5.41) is 7.60. The lowest BCUT2D eigenvalue weighted by Gasteiger charge is -2.31. The molecule has 2 amide bonds. The number of carbonyl (C=O) groups is 2. The SMILES string of the molecule is CN(C(=O)c1ccc(NC(=O)CCn2ncc(=O)c3ccccc32)cc1)C1CCCCC1. The molecular formula is C25H28N4O3. The van der Waals surface area contributed by atoms with E-state index in [9.17, 15) is 14.4 Å². The van der Waals surface area contributed by atoms with Crippen molar-refractivity contribution in [2.45, 2.75) is 51.1 Å². The summed E-state index contributed by atoms with van der Waals surface area (Å²) >= 11 is 0. The first-order valence-corrected chi connectivity index (χ1v) is 11.1. The van der Waals surface area contributed by atoms with Crippen molar-refractivity contribution in [1.29, 1.82) is 0 Å². The summed E-state index contributed by atoms with van der Waals surface area (Å²) in [7, 11) is 1.88. The third kappa shape index (κ3) is 4.88. The smallest absolute Gasteiger partial charge is 0.253 e. The third-order valence-corrected chi connectivity index (χ3v) is 6.17. The van der Waals surface area contributed by atoms with Gasteiger partial charge in [-0.1, -0.05) is 31.4 Å². The molecule has 1 aliphatic carbocycles. The predicted octanol–water partition coefficient (Wildman–Crippen LogP) is 3.83. The number of hydrogen-bond acceptors (Lipinski definition) is 4. The van der Waals surface area contributed by atoms with Gasteiger partial charge >= 0.3 is 0 Å². The molecule has 1 saturated carbocycles. The monoisotopic (exact) mass is 432 g/mol. The maximum absolute atomic E-state index is 12.8. The van der Waals surface area contributed by atoms with Gasteiger partial charge in [0.1, 0.15) is 0 Å². The number of aromatic nitrogens is 2. The minimum atomic E-state index is -0.159. The zero-order valence-electron chi connectivity index (χ0n) is 18.3. The van der Waals surface area contributed by atoms with Crippen molar-refractivity contribution in [3.63, 3.8) is 0 Å². The molecule has 0 radical (unpaired) electrons. The Morgan fingerprint density at radius 3 is 2.53 bits per heavy atom. The summed E-state index contributed by atoms with van der Waals surface area (Å²) in [4.78, 5) is 39.0. The van der Waals surface area contributed by atoms with Crippen LogP contribution in [0.1, 0.15) is 48.9 Å². The molecule has 1 N–H and O–H groups in total. The highest BCUT2D eigenvalue weighted by atomic mass is 16.2. The summed E-state index contributed by atoms with van der Waals surface area (Å²) in [6.07, 6.45) is 7.23. The van der Waals surface area contributed by atoms with E-state index in [0.717, 1.165) is 12.8 Å². The van der Waals surface area contributed by atoms with Crippen LogP contribution in [0.4, 0.5) is 5.69 Å². The second-order valence-electron chi connectivity index (χ2n) is 8.33. The molecule has 0 bridgehead atoms. The fourth-order valence-electron chi connectivity index (χ4n) is 4.30. The van der Waals surface area contributed by atoms with Crippen LogP contribution in [0.3, 0.4) is 0 Å². The maximum Gasteiger partial charge on any atom is 0.253 e. The van der Waals surface area contributed by atoms with Crippen LogP contribution >= 0.6 is 0 Å². The van der Waals surface area contributed by atoms with Crippen LogP contribution in [-0.2, 0) is 11.3 Å². The Balaban J connectivity index is 1.35. The average Bonchev–Trinajstić information content (AvgIpc) is 2.84. The highest BCUT2D eigenvalue weighted by Crippen LogP contribution is 2.23. The topological polar surface area (TPSA) is 84.3 Å². The Hall–Kier alpha value is -3.48. The Morgan fingerprint density at radius 2 is 1.78 bits per heavy atom. The fourth-order valence-corrected chi connectivity index (χ4v) is 4.30. The second-order valence-corrected chi connectivity index (χ2v) is 8.33. The molecule has 32 heavy (non-hydrogen) atoms. The molecule has 0 saturated heterocycles. The molecule has 2 aromatic carbocycles. The zero-order chi connectivity index (χ0) is 22.5. The first kappa shape index (κ1) is 21.7. The van der Waals surface area contributed by atoms with E-state index < -0.39 is 0 Å². The minimum absolute atomic E-state index is 0.0194. The molecule has 0 unspecified atom stereocenters. The Morgan fingerprint density at radius 1 is 1.06 bits per heavy atom. The fraction of sp³-hybridized carbons (Fsp3) is 0.360. The summed E-state index contributed by atoms with van der Waals surface area (Å²) in [5.41, 5.74) is 1.84. The summed E-state index contributed by atoms with van der Waals surface area (Å²) in [6, 6.07) is 14.6. The maximum atomic E-state index is 12.8. The van der Waals surface area contributed by atoms with Gasteiger partial charge in [-0.15, -0.1) is 0 Å². The summed E-state index contributed by atoms with van der Waals surface area (Å²) < 4.78 is 1.67. The average molecular weight is 433 g/mol. The number of para-hydroxylation sites is 1. The van der Waals surface area contributed by atoms with Gasteiger partial charge in [0.05, 0.1) is 18.3 Å². The molecule has 3 aromatic rings. The molecule has 166 valence electrons. The van der Waals surface area contributed by atoms with E-state index in [4.69, 9.17) is 0 Å². The molecule has 1 fully saturated rings. The van der Waals surface area contributed by atoms with Crippen LogP contribution in [0.15, 0.2) is 59.5 Å². The molecule has 0 spiro atoms. The molecule has 0 aliphatic heterocycles. The van der Waals surface area contributed by atoms with Crippen molar-refractivity contribution in [3.05, 3.63) is 70.5 Å². The van der Waals surface area contributed by atoms with Gasteiger partial charge in [-0.05, 0) is 49.2 Å². The molecule has 1 heterocycles. The number of anilines is 1. The lowest BCUT2D eigenvalue weighted by molar-refractivity contribution is -0.116. The van der Waals surface area contributed by atoms with Crippen LogP contribution in [0, 0.1) is 0 Å². The van der Waals surface area contributed by atoms with Crippen molar-refractivity contribution in [3.8, 4) is 0 Å². The quantitative estimate of drug-likeness (QED) is 0.642. The molecule has 7 heteroatoms. The van der Waals surface area contributed by atoms with Crippen LogP contribution in [0.5, 0.6) is 0 Å². The van der Waals surface area contributed by atoms with E-state index >= 15 is 0 Å². The highest BCUT2D eigenvalue weighted by Gasteiger charge is 2.22. The number of nitrogens with one attached hydrogen (secondary N) is 1. The van der Waals surface area contributed by atoms with Gasteiger partial charge in [-0.3, -0.25) is 19.1 Å². The van der Waals surface area contributed by atoms with E-state index in [-0.39, 0.29) is 23.7 Å². The predicted molar refractivity (Wildman–Crippen MR) is 125 cm³/mol. The Bertz CT molecular complexity index is 1160. The van der Waals surface area contributed by atoms with Crippen LogP contribution < -0.4 is 10.7 Å².